The van der Waals surface area contributed by atoms with Gasteiger partial charge >= 0.3 is 0 Å². The van der Waals surface area contributed by atoms with E-state index in [-0.39, 0.29) is 0 Å². The molecule has 0 spiro atoms. The van der Waals surface area contributed by atoms with Crippen molar-refractivity contribution >= 4 is 0 Å². The Morgan fingerprint density at radius 1 is 1.40 bits per heavy atom. The molecule has 0 heteroatoms. The van der Waals surface area contributed by atoms with E-state index in [1.54, 1.807) is 0 Å². The maximum atomic E-state index is 3.36. The lowest BCUT2D eigenvalue weighted by Gasteiger charge is -2.16. The number of rotatable bonds is 0. The summed E-state index contributed by atoms with van der Waals surface area (Å²) >= 11 is 0. The third-order valence-corrected chi connectivity index (χ3v) is 1.93. The van der Waals surface area contributed by atoms with Crippen LogP contribution in [0.1, 0.15) is 19.3 Å². The lowest BCUT2D eigenvalue weighted by atomic mass is 9.89. The Balaban J connectivity index is 2.32. The molecule has 2 aliphatic rings. The zero-order chi connectivity index (χ0) is 6.81. The van der Waals surface area contributed by atoms with Crippen LogP contribution in [0.3, 0.4) is 0 Å². The molecule has 0 amide bonds. The number of allylic oxidation sites excluding steroid dienone is 6. The van der Waals surface area contributed by atoms with E-state index in [1.165, 1.54) is 17.6 Å². The molecule has 0 aliphatic heterocycles. The zero-order valence-corrected chi connectivity index (χ0v) is 5.93. The average molecular weight is 130 g/mol. The molecule has 2 rings (SSSR count). The minimum Gasteiger partial charge on any atom is -0.0807 e. The highest BCUT2D eigenvalue weighted by molar-refractivity contribution is 5.45. The predicted octanol–water partition coefficient (Wildman–Crippen LogP) is 2.67. The second kappa shape index (κ2) is 2.45. The summed E-state index contributed by atoms with van der Waals surface area (Å²) in [5.41, 5.74) is 2.79. The van der Waals surface area contributed by atoms with E-state index in [0.717, 1.165) is 12.8 Å². The summed E-state index contributed by atoms with van der Waals surface area (Å²) in [5, 5.41) is 0. The molecule has 0 saturated heterocycles. The van der Waals surface area contributed by atoms with Crippen LogP contribution >= 0.6 is 0 Å². The fraction of sp³-hybridized carbons (Fsp3) is 0.300. The van der Waals surface area contributed by atoms with Gasteiger partial charge in [-0.25, -0.2) is 0 Å². The normalized spacial score (nSPS) is 23.2. The molecule has 0 aromatic carbocycles. The van der Waals surface area contributed by atoms with Crippen LogP contribution in [0, 0.1) is 6.42 Å². The van der Waals surface area contributed by atoms with Gasteiger partial charge in [0.05, 0.1) is 0 Å². The highest BCUT2D eigenvalue weighted by atomic mass is 14.1. The predicted molar refractivity (Wildman–Crippen MR) is 42.4 cm³/mol. The highest BCUT2D eigenvalue weighted by Crippen LogP contribution is 2.28. The first-order valence-electron chi connectivity index (χ1n) is 3.77. The van der Waals surface area contributed by atoms with Crippen molar-refractivity contribution in [3.63, 3.8) is 0 Å². The van der Waals surface area contributed by atoms with Gasteiger partial charge in [0.1, 0.15) is 0 Å². The molecule has 0 nitrogen and oxygen atoms in total. The van der Waals surface area contributed by atoms with Crippen LogP contribution in [0.5, 0.6) is 0 Å². The fourth-order valence-corrected chi connectivity index (χ4v) is 1.40. The Labute approximate surface area is 61.9 Å². The molecule has 10 heavy (non-hydrogen) atoms. The third-order valence-electron chi connectivity index (χ3n) is 1.93. The van der Waals surface area contributed by atoms with E-state index in [2.05, 4.69) is 30.7 Å². The van der Waals surface area contributed by atoms with Crippen molar-refractivity contribution in [1.82, 2.24) is 0 Å². The van der Waals surface area contributed by atoms with Crippen LogP contribution < -0.4 is 0 Å². The van der Waals surface area contributed by atoms with Gasteiger partial charge in [0.15, 0.2) is 0 Å². The van der Waals surface area contributed by atoms with Gasteiger partial charge < -0.3 is 0 Å². The summed E-state index contributed by atoms with van der Waals surface area (Å²) in [6.45, 7) is 0. The minimum atomic E-state index is 1.10. The van der Waals surface area contributed by atoms with Gasteiger partial charge in [-0.1, -0.05) is 24.3 Å². The van der Waals surface area contributed by atoms with Crippen LogP contribution in [0.4, 0.5) is 0 Å². The molecule has 0 atom stereocenters. The zero-order valence-electron chi connectivity index (χ0n) is 5.93. The summed E-state index contributed by atoms with van der Waals surface area (Å²) in [5.74, 6) is 0. The largest absolute Gasteiger partial charge is 0.0807 e. The standard InChI is InChI=1S/C10H10/c1-2-6-10-8-4-3-7-9(10)5-1/h1-2,5,8H,3-4,6H2. The molecular weight excluding hydrogens is 120 g/mol. The third kappa shape index (κ3) is 0.942. The second-order valence-corrected chi connectivity index (χ2v) is 2.66. The Morgan fingerprint density at radius 3 is 3.30 bits per heavy atom. The van der Waals surface area contributed by atoms with Crippen molar-refractivity contribution in [3.8, 4) is 0 Å². The average Bonchev–Trinajstić information content (AvgIpc) is 2.05. The SMILES string of the molecule is [C]1CCC=C2CC=CC=C12. The Hall–Kier alpha value is -0.780. The van der Waals surface area contributed by atoms with Gasteiger partial charge in [-0.05, 0) is 30.4 Å². The first kappa shape index (κ1) is 5.96. The smallest absolute Gasteiger partial charge is 0.0170 e. The van der Waals surface area contributed by atoms with Crippen LogP contribution in [0.25, 0.3) is 0 Å². The summed E-state index contributed by atoms with van der Waals surface area (Å²) in [6, 6.07) is 0. The van der Waals surface area contributed by atoms with Crippen LogP contribution in [-0.4, -0.2) is 0 Å². The lowest BCUT2D eigenvalue weighted by molar-refractivity contribution is 0.919. The molecule has 50 valence electrons. The fourth-order valence-electron chi connectivity index (χ4n) is 1.40. The molecule has 0 saturated carbocycles. The summed E-state index contributed by atoms with van der Waals surface area (Å²) < 4.78 is 0. The van der Waals surface area contributed by atoms with Gasteiger partial charge in [0.2, 0.25) is 0 Å². The summed E-state index contributed by atoms with van der Waals surface area (Å²) in [7, 11) is 0. The van der Waals surface area contributed by atoms with E-state index in [4.69, 9.17) is 0 Å². The maximum Gasteiger partial charge on any atom is 0.0170 e. The number of fused-ring (bicyclic) bond motifs is 1. The van der Waals surface area contributed by atoms with Crippen LogP contribution in [-0.2, 0) is 0 Å². The Bertz CT molecular complexity index is 216. The van der Waals surface area contributed by atoms with Gasteiger partial charge in [-0.2, -0.15) is 0 Å². The molecule has 2 radical (unpaired) electrons. The topological polar surface area (TPSA) is 0 Å². The molecular formula is C10H10. The van der Waals surface area contributed by atoms with E-state index in [9.17, 15) is 0 Å². The first-order valence-corrected chi connectivity index (χ1v) is 3.77. The van der Waals surface area contributed by atoms with E-state index in [0.29, 0.717) is 0 Å². The van der Waals surface area contributed by atoms with Gasteiger partial charge in [-0.3, -0.25) is 0 Å². The molecule has 0 bridgehead atoms. The van der Waals surface area contributed by atoms with Gasteiger partial charge in [0, 0.05) is 6.42 Å². The molecule has 0 unspecified atom stereocenters. The Morgan fingerprint density at radius 2 is 2.40 bits per heavy atom. The monoisotopic (exact) mass is 130 g/mol. The van der Waals surface area contributed by atoms with Crippen molar-refractivity contribution in [2.75, 3.05) is 0 Å². The highest BCUT2D eigenvalue weighted by Gasteiger charge is 2.10. The summed E-state index contributed by atoms with van der Waals surface area (Å²) in [6.07, 6.45) is 15.5. The van der Waals surface area contributed by atoms with Crippen molar-refractivity contribution < 1.29 is 0 Å². The van der Waals surface area contributed by atoms with E-state index < -0.39 is 0 Å². The van der Waals surface area contributed by atoms with Crippen molar-refractivity contribution in [3.05, 3.63) is 41.9 Å². The molecule has 0 aromatic heterocycles. The second-order valence-electron chi connectivity index (χ2n) is 2.66. The minimum absolute atomic E-state index is 1.10. The van der Waals surface area contributed by atoms with E-state index >= 15 is 0 Å². The van der Waals surface area contributed by atoms with Crippen molar-refractivity contribution in [2.24, 2.45) is 0 Å². The molecule has 0 aromatic rings. The molecule has 2 aliphatic carbocycles. The maximum absolute atomic E-state index is 3.36. The van der Waals surface area contributed by atoms with Gasteiger partial charge in [0.25, 0.3) is 0 Å². The first-order chi connectivity index (χ1) is 4.97. The number of hydrogen-bond donors (Lipinski definition) is 0. The van der Waals surface area contributed by atoms with E-state index in [1.807, 2.05) is 0 Å². The molecule has 0 heterocycles. The van der Waals surface area contributed by atoms with Crippen LogP contribution in [0.15, 0.2) is 35.5 Å². The Kier molecular flexibility index (Phi) is 1.46. The number of hydrogen-bond acceptors (Lipinski definition) is 0. The summed E-state index contributed by atoms with van der Waals surface area (Å²) in [4.78, 5) is 0. The quantitative estimate of drug-likeness (QED) is 0.473. The lowest BCUT2D eigenvalue weighted by Crippen LogP contribution is -1.98. The van der Waals surface area contributed by atoms with Gasteiger partial charge in [-0.15, -0.1) is 0 Å². The molecule has 0 fully saturated rings. The molecule has 0 N–H and O–H groups in total. The van der Waals surface area contributed by atoms with Crippen molar-refractivity contribution in [2.45, 2.75) is 19.3 Å². The van der Waals surface area contributed by atoms with Crippen LogP contribution in [0.2, 0.25) is 0 Å². The van der Waals surface area contributed by atoms with Crippen molar-refractivity contribution in [1.29, 1.82) is 0 Å².